The predicted molar refractivity (Wildman–Crippen MR) is 84.0 cm³/mol. The minimum atomic E-state index is 0.188. The maximum Gasteiger partial charge on any atom is 0.0646 e. The summed E-state index contributed by atoms with van der Waals surface area (Å²) in [6, 6.07) is 8.09. The van der Waals surface area contributed by atoms with Gasteiger partial charge in [0.1, 0.15) is 0 Å². The fourth-order valence-electron chi connectivity index (χ4n) is 2.11. The van der Waals surface area contributed by atoms with E-state index in [0.29, 0.717) is 6.54 Å². The van der Waals surface area contributed by atoms with Gasteiger partial charge in [-0.05, 0) is 37.7 Å². The highest BCUT2D eigenvalue weighted by molar-refractivity contribution is 9.10. The first kappa shape index (κ1) is 15.2. The fraction of sp³-hybridized carbons (Fsp3) is 0.400. The van der Waals surface area contributed by atoms with Crippen LogP contribution in [0.2, 0.25) is 0 Å². The Balaban J connectivity index is 2.18. The van der Waals surface area contributed by atoms with Crippen LogP contribution in [0, 0.1) is 6.92 Å². The van der Waals surface area contributed by atoms with Gasteiger partial charge >= 0.3 is 0 Å². The normalized spacial score (nSPS) is 11.2. The van der Waals surface area contributed by atoms with Crippen LogP contribution in [0.15, 0.2) is 34.9 Å². The van der Waals surface area contributed by atoms with Crippen LogP contribution < -0.4 is 0 Å². The Hall–Kier alpha value is -1.17. The van der Waals surface area contributed by atoms with Crippen molar-refractivity contribution in [1.29, 1.82) is 0 Å². The lowest BCUT2D eigenvalue weighted by Gasteiger charge is -2.18. The molecule has 0 unspecified atom stereocenters. The Morgan fingerprint density at radius 2 is 2.00 bits per heavy atom. The van der Waals surface area contributed by atoms with E-state index < -0.39 is 0 Å². The number of likely N-dealkylation sites (N-methyl/N-ethyl adjacent to an activating group) is 1. The number of benzene rings is 1. The van der Waals surface area contributed by atoms with E-state index in [0.717, 1.165) is 28.9 Å². The highest BCUT2D eigenvalue weighted by Gasteiger charge is 2.10. The zero-order chi connectivity index (χ0) is 14.5. The number of rotatable bonds is 6. The average Bonchev–Trinajstić information content (AvgIpc) is 2.80. The van der Waals surface area contributed by atoms with Crippen molar-refractivity contribution in [1.82, 2.24) is 14.7 Å². The molecule has 0 aliphatic heterocycles. The molecule has 1 aromatic carbocycles. The standard InChI is InChI=1S/C15H20BrN3O/c1-3-18(8-9-20)10-13-11-19(17-12(13)2)15-6-4-14(16)5-7-15/h4-7,11,20H,3,8-10H2,1-2H3. The van der Waals surface area contributed by atoms with Gasteiger partial charge in [-0.3, -0.25) is 4.90 Å². The summed E-state index contributed by atoms with van der Waals surface area (Å²) >= 11 is 3.44. The summed E-state index contributed by atoms with van der Waals surface area (Å²) < 4.78 is 2.97. The fourth-order valence-corrected chi connectivity index (χ4v) is 2.37. The topological polar surface area (TPSA) is 41.3 Å². The maximum absolute atomic E-state index is 9.06. The Morgan fingerprint density at radius 3 is 2.60 bits per heavy atom. The smallest absolute Gasteiger partial charge is 0.0646 e. The first-order chi connectivity index (χ1) is 9.63. The summed E-state index contributed by atoms with van der Waals surface area (Å²) in [7, 11) is 0. The lowest BCUT2D eigenvalue weighted by atomic mass is 10.2. The monoisotopic (exact) mass is 337 g/mol. The molecular formula is C15H20BrN3O. The van der Waals surface area contributed by atoms with Crippen LogP contribution in [0.1, 0.15) is 18.2 Å². The quantitative estimate of drug-likeness (QED) is 0.881. The number of halogens is 1. The van der Waals surface area contributed by atoms with Crippen molar-refractivity contribution in [3.8, 4) is 5.69 Å². The number of hydrogen-bond donors (Lipinski definition) is 1. The van der Waals surface area contributed by atoms with E-state index >= 15 is 0 Å². The largest absolute Gasteiger partial charge is 0.395 e. The Bertz CT molecular complexity index is 551. The molecule has 0 spiro atoms. The Kier molecular flexibility index (Phi) is 5.34. The van der Waals surface area contributed by atoms with Crippen LogP contribution in [0.5, 0.6) is 0 Å². The van der Waals surface area contributed by atoms with E-state index in [-0.39, 0.29) is 6.61 Å². The van der Waals surface area contributed by atoms with E-state index in [2.05, 4.69) is 39.0 Å². The van der Waals surface area contributed by atoms with Crippen molar-refractivity contribution in [2.45, 2.75) is 20.4 Å². The molecule has 0 aliphatic rings. The van der Waals surface area contributed by atoms with Gasteiger partial charge in [0.25, 0.3) is 0 Å². The summed E-state index contributed by atoms with van der Waals surface area (Å²) in [5.74, 6) is 0. The van der Waals surface area contributed by atoms with Gasteiger partial charge in [-0.1, -0.05) is 22.9 Å². The number of nitrogens with zero attached hydrogens (tertiary/aromatic N) is 3. The van der Waals surface area contributed by atoms with Gasteiger partial charge in [0, 0.05) is 29.3 Å². The second-order valence-corrected chi connectivity index (χ2v) is 5.67. The summed E-state index contributed by atoms with van der Waals surface area (Å²) in [6.07, 6.45) is 2.07. The third kappa shape index (κ3) is 3.69. The molecule has 1 N–H and O–H groups in total. The van der Waals surface area contributed by atoms with Crippen LogP contribution in [0.25, 0.3) is 5.69 Å². The van der Waals surface area contributed by atoms with Crippen molar-refractivity contribution in [2.24, 2.45) is 0 Å². The average molecular weight is 338 g/mol. The second-order valence-electron chi connectivity index (χ2n) is 4.75. The number of aryl methyl sites for hydroxylation is 1. The van der Waals surface area contributed by atoms with Crippen molar-refractivity contribution in [3.63, 3.8) is 0 Å². The molecule has 108 valence electrons. The summed E-state index contributed by atoms with van der Waals surface area (Å²) in [6.45, 7) is 6.75. The van der Waals surface area contributed by atoms with Gasteiger partial charge in [0.15, 0.2) is 0 Å². The third-order valence-electron chi connectivity index (χ3n) is 3.35. The van der Waals surface area contributed by atoms with E-state index in [1.165, 1.54) is 5.56 Å². The molecule has 0 aliphatic carbocycles. The van der Waals surface area contributed by atoms with Crippen LogP contribution in [0.4, 0.5) is 0 Å². The molecule has 0 radical (unpaired) electrons. The number of hydrogen-bond acceptors (Lipinski definition) is 3. The van der Waals surface area contributed by atoms with Crippen LogP contribution in [-0.2, 0) is 6.54 Å². The molecule has 0 saturated heterocycles. The van der Waals surface area contributed by atoms with Crippen LogP contribution in [-0.4, -0.2) is 39.5 Å². The zero-order valence-electron chi connectivity index (χ0n) is 11.9. The molecular weight excluding hydrogens is 318 g/mol. The lowest BCUT2D eigenvalue weighted by Crippen LogP contribution is -2.26. The van der Waals surface area contributed by atoms with Gasteiger partial charge in [0.2, 0.25) is 0 Å². The summed E-state index contributed by atoms with van der Waals surface area (Å²) in [4.78, 5) is 2.20. The first-order valence-corrected chi connectivity index (χ1v) is 7.57. The number of aliphatic hydroxyl groups is 1. The third-order valence-corrected chi connectivity index (χ3v) is 3.88. The molecule has 2 aromatic rings. The predicted octanol–water partition coefficient (Wildman–Crippen LogP) is 2.76. The second kappa shape index (κ2) is 7.02. The minimum Gasteiger partial charge on any atom is -0.395 e. The van der Waals surface area contributed by atoms with E-state index in [9.17, 15) is 0 Å². The van der Waals surface area contributed by atoms with Crippen molar-refractivity contribution >= 4 is 15.9 Å². The van der Waals surface area contributed by atoms with Gasteiger partial charge in [-0.15, -0.1) is 0 Å². The first-order valence-electron chi connectivity index (χ1n) is 6.78. The van der Waals surface area contributed by atoms with E-state index in [1.807, 2.05) is 35.9 Å². The van der Waals surface area contributed by atoms with Crippen molar-refractivity contribution in [3.05, 3.63) is 46.2 Å². The molecule has 0 fully saturated rings. The molecule has 0 saturated carbocycles. The molecule has 0 bridgehead atoms. The molecule has 0 amide bonds. The highest BCUT2D eigenvalue weighted by Crippen LogP contribution is 2.16. The number of aromatic nitrogens is 2. The molecule has 20 heavy (non-hydrogen) atoms. The van der Waals surface area contributed by atoms with Gasteiger partial charge < -0.3 is 5.11 Å². The lowest BCUT2D eigenvalue weighted by molar-refractivity contribution is 0.196. The Morgan fingerprint density at radius 1 is 1.30 bits per heavy atom. The molecule has 1 aromatic heterocycles. The van der Waals surface area contributed by atoms with Crippen LogP contribution in [0.3, 0.4) is 0 Å². The SMILES string of the molecule is CCN(CCO)Cc1cn(-c2ccc(Br)cc2)nc1C. The van der Waals surface area contributed by atoms with Gasteiger partial charge in [0.05, 0.1) is 18.0 Å². The molecule has 1 heterocycles. The van der Waals surface area contributed by atoms with Gasteiger partial charge in [-0.2, -0.15) is 5.10 Å². The van der Waals surface area contributed by atoms with Gasteiger partial charge in [-0.25, -0.2) is 4.68 Å². The van der Waals surface area contributed by atoms with Crippen molar-refractivity contribution in [2.75, 3.05) is 19.7 Å². The summed E-state index contributed by atoms with van der Waals surface area (Å²) in [5, 5.41) is 13.6. The van der Waals surface area contributed by atoms with E-state index in [1.54, 1.807) is 0 Å². The maximum atomic E-state index is 9.06. The molecule has 2 rings (SSSR count). The molecule has 0 atom stereocenters. The molecule has 4 nitrogen and oxygen atoms in total. The molecule has 5 heteroatoms. The van der Waals surface area contributed by atoms with Crippen molar-refractivity contribution < 1.29 is 5.11 Å². The summed E-state index contributed by atoms with van der Waals surface area (Å²) in [5.41, 5.74) is 3.28. The minimum absolute atomic E-state index is 0.188. The van der Waals surface area contributed by atoms with E-state index in [4.69, 9.17) is 5.11 Å². The zero-order valence-corrected chi connectivity index (χ0v) is 13.5. The number of aliphatic hydroxyl groups excluding tert-OH is 1. The Labute approximate surface area is 128 Å². The highest BCUT2D eigenvalue weighted by atomic mass is 79.9. The van der Waals surface area contributed by atoms with Crippen LogP contribution >= 0.6 is 15.9 Å².